The highest BCUT2D eigenvalue weighted by molar-refractivity contribution is 7.99. The molecule has 0 saturated carbocycles. The highest BCUT2D eigenvalue weighted by Gasteiger charge is 2.06. The SMILES string of the molecule is CCCNC(C)c1ccnc(Sc2ccc(Cl)cc2)c1. The van der Waals surface area contributed by atoms with E-state index in [0.717, 1.165) is 27.9 Å². The van der Waals surface area contributed by atoms with Crippen LogP contribution in [0.1, 0.15) is 31.9 Å². The lowest BCUT2D eigenvalue weighted by Gasteiger charge is -2.14. The lowest BCUT2D eigenvalue weighted by Crippen LogP contribution is -2.19. The third-order valence-electron chi connectivity index (χ3n) is 3.00. The summed E-state index contributed by atoms with van der Waals surface area (Å²) in [6.07, 6.45) is 3.01. The van der Waals surface area contributed by atoms with Crippen molar-refractivity contribution < 1.29 is 0 Å². The van der Waals surface area contributed by atoms with E-state index in [-0.39, 0.29) is 0 Å². The molecule has 2 aromatic rings. The molecule has 0 amide bonds. The third kappa shape index (κ3) is 4.51. The van der Waals surface area contributed by atoms with E-state index < -0.39 is 0 Å². The Kier molecular flexibility index (Phi) is 5.89. The molecule has 1 aromatic carbocycles. The molecule has 0 saturated heterocycles. The van der Waals surface area contributed by atoms with Crippen LogP contribution >= 0.6 is 23.4 Å². The zero-order chi connectivity index (χ0) is 14.4. The van der Waals surface area contributed by atoms with Crippen LogP contribution in [0.25, 0.3) is 0 Å². The van der Waals surface area contributed by atoms with Gasteiger partial charge in [0.25, 0.3) is 0 Å². The van der Waals surface area contributed by atoms with Gasteiger partial charge in [0.15, 0.2) is 0 Å². The fraction of sp³-hybridized carbons (Fsp3) is 0.312. The van der Waals surface area contributed by atoms with E-state index in [1.54, 1.807) is 11.8 Å². The van der Waals surface area contributed by atoms with Crippen molar-refractivity contribution in [2.75, 3.05) is 6.54 Å². The van der Waals surface area contributed by atoms with Gasteiger partial charge in [0.05, 0.1) is 0 Å². The highest BCUT2D eigenvalue weighted by Crippen LogP contribution is 2.28. The van der Waals surface area contributed by atoms with Gasteiger partial charge in [-0.2, -0.15) is 0 Å². The summed E-state index contributed by atoms with van der Waals surface area (Å²) in [5.74, 6) is 0. The van der Waals surface area contributed by atoms with Gasteiger partial charge in [-0.3, -0.25) is 0 Å². The molecule has 2 nitrogen and oxygen atoms in total. The molecule has 0 bridgehead atoms. The molecule has 0 spiro atoms. The van der Waals surface area contributed by atoms with Gasteiger partial charge in [0.2, 0.25) is 0 Å². The highest BCUT2D eigenvalue weighted by atomic mass is 35.5. The third-order valence-corrected chi connectivity index (χ3v) is 4.19. The van der Waals surface area contributed by atoms with Gasteiger partial charge < -0.3 is 5.32 Å². The van der Waals surface area contributed by atoms with Gasteiger partial charge >= 0.3 is 0 Å². The van der Waals surface area contributed by atoms with E-state index in [1.165, 1.54) is 5.56 Å². The van der Waals surface area contributed by atoms with Crippen molar-refractivity contribution in [3.63, 3.8) is 0 Å². The first-order chi connectivity index (χ1) is 9.69. The van der Waals surface area contributed by atoms with Crippen LogP contribution in [0.15, 0.2) is 52.5 Å². The number of aromatic nitrogens is 1. The van der Waals surface area contributed by atoms with Crippen molar-refractivity contribution in [3.8, 4) is 0 Å². The quantitative estimate of drug-likeness (QED) is 0.817. The van der Waals surface area contributed by atoms with Gasteiger partial charge in [-0.05, 0) is 61.9 Å². The smallest absolute Gasteiger partial charge is 0.101 e. The van der Waals surface area contributed by atoms with Crippen LogP contribution < -0.4 is 5.32 Å². The number of rotatable bonds is 6. The van der Waals surface area contributed by atoms with Crippen LogP contribution in [0.3, 0.4) is 0 Å². The molecule has 1 aromatic heterocycles. The number of halogens is 1. The average Bonchev–Trinajstić information content (AvgIpc) is 2.47. The summed E-state index contributed by atoms with van der Waals surface area (Å²) in [5, 5.41) is 5.26. The van der Waals surface area contributed by atoms with Gasteiger partial charge in [-0.15, -0.1) is 0 Å². The Balaban J connectivity index is 2.07. The average molecular weight is 307 g/mol. The molecule has 4 heteroatoms. The molecular weight excluding hydrogens is 288 g/mol. The van der Waals surface area contributed by atoms with Crippen molar-refractivity contribution in [2.45, 2.75) is 36.2 Å². The summed E-state index contributed by atoms with van der Waals surface area (Å²) in [5.41, 5.74) is 1.27. The number of benzene rings is 1. The molecule has 1 unspecified atom stereocenters. The second-order valence-electron chi connectivity index (χ2n) is 4.66. The molecule has 0 aliphatic carbocycles. The van der Waals surface area contributed by atoms with E-state index in [1.807, 2.05) is 30.5 Å². The maximum Gasteiger partial charge on any atom is 0.101 e. The minimum absolute atomic E-state index is 0.350. The van der Waals surface area contributed by atoms with Crippen molar-refractivity contribution in [1.29, 1.82) is 0 Å². The second kappa shape index (κ2) is 7.67. The minimum Gasteiger partial charge on any atom is -0.310 e. The number of hydrogen-bond acceptors (Lipinski definition) is 3. The predicted molar refractivity (Wildman–Crippen MR) is 86.5 cm³/mol. The van der Waals surface area contributed by atoms with Gasteiger partial charge in [0, 0.05) is 22.2 Å². The Morgan fingerprint density at radius 2 is 2.00 bits per heavy atom. The fourth-order valence-electron chi connectivity index (χ4n) is 1.85. The minimum atomic E-state index is 0.350. The monoisotopic (exact) mass is 306 g/mol. The number of hydrogen-bond donors (Lipinski definition) is 1. The molecular formula is C16H19ClN2S. The van der Waals surface area contributed by atoms with E-state index in [2.05, 4.69) is 36.3 Å². The van der Waals surface area contributed by atoms with Gasteiger partial charge in [-0.25, -0.2) is 4.98 Å². The van der Waals surface area contributed by atoms with Gasteiger partial charge in [-0.1, -0.05) is 30.3 Å². The summed E-state index contributed by atoms with van der Waals surface area (Å²) in [4.78, 5) is 5.57. The van der Waals surface area contributed by atoms with Crippen LogP contribution in [0.2, 0.25) is 5.02 Å². The molecule has 0 aliphatic heterocycles. The lowest BCUT2D eigenvalue weighted by molar-refractivity contribution is 0.569. The molecule has 0 radical (unpaired) electrons. The molecule has 1 N–H and O–H groups in total. The van der Waals surface area contributed by atoms with E-state index in [9.17, 15) is 0 Å². The normalized spacial score (nSPS) is 12.3. The summed E-state index contributed by atoms with van der Waals surface area (Å²) in [6, 6.07) is 12.4. The Morgan fingerprint density at radius 3 is 2.70 bits per heavy atom. The second-order valence-corrected chi connectivity index (χ2v) is 6.19. The molecule has 2 rings (SSSR count). The zero-order valence-electron chi connectivity index (χ0n) is 11.8. The summed E-state index contributed by atoms with van der Waals surface area (Å²) in [7, 11) is 0. The zero-order valence-corrected chi connectivity index (χ0v) is 13.3. The first kappa shape index (κ1) is 15.4. The fourth-order valence-corrected chi connectivity index (χ4v) is 2.80. The van der Waals surface area contributed by atoms with Crippen LogP contribution in [0.4, 0.5) is 0 Å². The molecule has 20 heavy (non-hydrogen) atoms. The molecule has 0 aliphatic rings. The first-order valence-electron chi connectivity index (χ1n) is 6.82. The van der Waals surface area contributed by atoms with Crippen LogP contribution in [0, 0.1) is 0 Å². The summed E-state index contributed by atoms with van der Waals surface area (Å²) < 4.78 is 0. The van der Waals surface area contributed by atoms with Crippen LogP contribution in [-0.2, 0) is 0 Å². The number of nitrogens with one attached hydrogen (secondary N) is 1. The van der Waals surface area contributed by atoms with E-state index >= 15 is 0 Å². The standard InChI is InChI=1S/C16H19ClN2S/c1-3-9-18-12(2)13-8-10-19-16(11-13)20-15-6-4-14(17)5-7-15/h4-8,10-12,18H,3,9H2,1-2H3. The Labute approximate surface area is 130 Å². The first-order valence-corrected chi connectivity index (χ1v) is 8.01. The Bertz CT molecular complexity index is 542. The number of nitrogens with zero attached hydrogens (tertiary/aromatic N) is 1. The Hall–Kier alpha value is -1.03. The van der Waals surface area contributed by atoms with Crippen molar-refractivity contribution in [3.05, 3.63) is 53.2 Å². The molecule has 0 fully saturated rings. The van der Waals surface area contributed by atoms with Gasteiger partial charge in [0.1, 0.15) is 5.03 Å². The van der Waals surface area contributed by atoms with E-state index in [4.69, 9.17) is 11.6 Å². The number of pyridine rings is 1. The topological polar surface area (TPSA) is 24.9 Å². The van der Waals surface area contributed by atoms with Crippen molar-refractivity contribution in [2.24, 2.45) is 0 Å². The molecule has 1 atom stereocenters. The summed E-state index contributed by atoms with van der Waals surface area (Å²) >= 11 is 7.55. The molecule has 106 valence electrons. The van der Waals surface area contributed by atoms with Crippen molar-refractivity contribution >= 4 is 23.4 Å². The largest absolute Gasteiger partial charge is 0.310 e. The van der Waals surface area contributed by atoms with Crippen LogP contribution in [0.5, 0.6) is 0 Å². The maximum atomic E-state index is 5.90. The van der Waals surface area contributed by atoms with Crippen molar-refractivity contribution in [1.82, 2.24) is 10.3 Å². The maximum absolute atomic E-state index is 5.90. The van der Waals surface area contributed by atoms with E-state index in [0.29, 0.717) is 6.04 Å². The Morgan fingerprint density at radius 1 is 1.25 bits per heavy atom. The van der Waals surface area contributed by atoms with Crippen LogP contribution in [-0.4, -0.2) is 11.5 Å². The predicted octanol–water partition coefficient (Wildman–Crippen LogP) is 4.95. The molecule has 1 heterocycles. The lowest BCUT2D eigenvalue weighted by atomic mass is 10.1. The summed E-state index contributed by atoms with van der Waals surface area (Å²) in [6.45, 7) is 5.39.